The summed E-state index contributed by atoms with van der Waals surface area (Å²) in [7, 11) is 4.42. The van der Waals surface area contributed by atoms with E-state index in [2.05, 4.69) is 37.7 Å². The average Bonchev–Trinajstić information content (AvgIpc) is 3.07. The number of ether oxygens (including phenoxy) is 1. The van der Waals surface area contributed by atoms with E-state index >= 15 is 0 Å². The number of nitrogens with zero attached hydrogens (tertiary/aromatic N) is 2. The summed E-state index contributed by atoms with van der Waals surface area (Å²) in [5.41, 5.74) is 0.498. The molecule has 1 saturated carbocycles. The van der Waals surface area contributed by atoms with Crippen LogP contribution in [0.2, 0.25) is 0 Å². The van der Waals surface area contributed by atoms with Gasteiger partial charge >= 0.3 is 0 Å². The third-order valence-electron chi connectivity index (χ3n) is 4.45. The second-order valence-corrected chi connectivity index (χ2v) is 6.85. The number of rotatable bonds is 6. The van der Waals surface area contributed by atoms with Crippen molar-refractivity contribution < 1.29 is 4.74 Å². The number of likely N-dealkylation sites (N-methyl/N-ethyl adjacent to an activating group) is 1. The van der Waals surface area contributed by atoms with Gasteiger partial charge in [-0.15, -0.1) is 0 Å². The van der Waals surface area contributed by atoms with E-state index in [-0.39, 0.29) is 0 Å². The third-order valence-corrected chi connectivity index (χ3v) is 4.45. The molecule has 0 aromatic heterocycles. The Bertz CT molecular complexity index is 261. The van der Waals surface area contributed by atoms with Crippen LogP contribution < -0.4 is 0 Å². The quantitative estimate of drug-likeness (QED) is 0.723. The highest BCUT2D eigenvalue weighted by Gasteiger charge is 2.44. The lowest BCUT2D eigenvalue weighted by Crippen LogP contribution is -2.47. The van der Waals surface area contributed by atoms with E-state index in [9.17, 15) is 0 Å². The Hall–Kier alpha value is -0.120. The van der Waals surface area contributed by atoms with Crippen molar-refractivity contribution in [2.45, 2.75) is 51.7 Å². The molecular formula is C15H30N2O. The fourth-order valence-electron chi connectivity index (χ4n) is 2.94. The second kappa shape index (κ2) is 5.89. The van der Waals surface area contributed by atoms with Crippen LogP contribution >= 0.6 is 0 Å². The van der Waals surface area contributed by atoms with Gasteiger partial charge in [-0.25, -0.2) is 0 Å². The van der Waals surface area contributed by atoms with E-state index in [1.165, 1.54) is 45.3 Å². The van der Waals surface area contributed by atoms with Crippen LogP contribution in [0.15, 0.2) is 0 Å². The van der Waals surface area contributed by atoms with Crippen LogP contribution in [0.25, 0.3) is 0 Å². The van der Waals surface area contributed by atoms with Gasteiger partial charge in [0, 0.05) is 24.5 Å². The maximum Gasteiger partial charge on any atom is 0.0538 e. The maximum absolute atomic E-state index is 5.85. The van der Waals surface area contributed by atoms with Gasteiger partial charge in [0.1, 0.15) is 0 Å². The van der Waals surface area contributed by atoms with E-state index in [1.54, 1.807) is 0 Å². The molecule has 1 heterocycles. The van der Waals surface area contributed by atoms with Gasteiger partial charge < -0.3 is 14.5 Å². The molecule has 0 N–H and O–H groups in total. The highest BCUT2D eigenvalue weighted by atomic mass is 16.5. The molecule has 2 aliphatic rings. The van der Waals surface area contributed by atoms with Gasteiger partial charge in [-0.1, -0.05) is 0 Å². The van der Waals surface area contributed by atoms with Gasteiger partial charge in [0.25, 0.3) is 0 Å². The first-order valence-electron chi connectivity index (χ1n) is 7.51. The minimum atomic E-state index is 0.373. The predicted molar refractivity (Wildman–Crippen MR) is 75.9 cm³/mol. The number of piperidine rings is 1. The molecule has 0 unspecified atom stereocenters. The minimum absolute atomic E-state index is 0.373. The van der Waals surface area contributed by atoms with Crippen LogP contribution in [0.3, 0.4) is 0 Å². The molecule has 2 rings (SSSR count). The summed E-state index contributed by atoms with van der Waals surface area (Å²) in [6.45, 7) is 9.03. The summed E-state index contributed by atoms with van der Waals surface area (Å²) in [5, 5.41) is 0. The molecular weight excluding hydrogens is 224 g/mol. The van der Waals surface area contributed by atoms with Gasteiger partial charge in [0.15, 0.2) is 0 Å². The highest BCUT2D eigenvalue weighted by Crippen LogP contribution is 2.47. The Morgan fingerprint density at radius 3 is 2.61 bits per heavy atom. The third kappa shape index (κ3) is 3.94. The van der Waals surface area contributed by atoms with E-state index in [4.69, 9.17) is 4.74 Å². The molecule has 1 atom stereocenters. The fourth-order valence-corrected chi connectivity index (χ4v) is 2.94. The fraction of sp³-hybridized carbons (Fsp3) is 1.00. The molecule has 3 heteroatoms. The highest BCUT2D eigenvalue weighted by molar-refractivity contribution is 4.96. The zero-order valence-corrected chi connectivity index (χ0v) is 12.6. The Kier molecular flexibility index (Phi) is 4.68. The van der Waals surface area contributed by atoms with Gasteiger partial charge in [0.2, 0.25) is 0 Å². The maximum atomic E-state index is 5.85. The van der Waals surface area contributed by atoms with Crippen LogP contribution in [0.1, 0.15) is 39.5 Å². The molecule has 0 radical (unpaired) electrons. The molecule has 2 fully saturated rings. The lowest BCUT2D eigenvalue weighted by molar-refractivity contribution is 0.0231. The molecule has 0 bridgehead atoms. The molecule has 0 spiro atoms. The lowest BCUT2D eigenvalue weighted by atomic mass is 10.0. The number of hydrogen-bond acceptors (Lipinski definition) is 3. The van der Waals surface area contributed by atoms with Gasteiger partial charge in [0.05, 0.1) is 12.7 Å². The van der Waals surface area contributed by atoms with Crippen LogP contribution in [-0.4, -0.2) is 62.3 Å². The van der Waals surface area contributed by atoms with Crippen molar-refractivity contribution in [1.29, 1.82) is 0 Å². The first-order chi connectivity index (χ1) is 8.51. The molecule has 3 nitrogen and oxygen atoms in total. The van der Waals surface area contributed by atoms with Crippen molar-refractivity contribution in [2.75, 3.05) is 40.3 Å². The van der Waals surface area contributed by atoms with Crippen molar-refractivity contribution >= 4 is 0 Å². The Morgan fingerprint density at radius 2 is 2.06 bits per heavy atom. The van der Waals surface area contributed by atoms with E-state index < -0.39 is 0 Å². The predicted octanol–water partition coefficient (Wildman–Crippen LogP) is 2.22. The van der Waals surface area contributed by atoms with E-state index in [0.717, 1.165) is 12.6 Å². The van der Waals surface area contributed by atoms with E-state index in [1.807, 2.05) is 0 Å². The molecule has 1 saturated heterocycles. The Labute approximate surface area is 112 Å². The van der Waals surface area contributed by atoms with Crippen molar-refractivity contribution in [3.63, 3.8) is 0 Å². The van der Waals surface area contributed by atoms with Gasteiger partial charge in [-0.3, -0.25) is 0 Å². The largest absolute Gasteiger partial charge is 0.378 e. The summed E-state index contributed by atoms with van der Waals surface area (Å²) in [5.74, 6) is 0. The van der Waals surface area contributed by atoms with Crippen molar-refractivity contribution in [1.82, 2.24) is 9.80 Å². The SMILES string of the molecule is CC(C)OCC1(CN2CCC[C@H](N(C)C)C2)CC1. The van der Waals surface area contributed by atoms with Crippen LogP contribution in [0.5, 0.6) is 0 Å². The van der Waals surface area contributed by atoms with Crippen molar-refractivity contribution in [3.8, 4) is 0 Å². The van der Waals surface area contributed by atoms with Gasteiger partial charge in [-0.05, 0) is 60.2 Å². The van der Waals surface area contributed by atoms with Crippen LogP contribution in [0, 0.1) is 5.41 Å². The van der Waals surface area contributed by atoms with Gasteiger partial charge in [-0.2, -0.15) is 0 Å². The minimum Gasteiger partial charge on any atom is -0.378 e. The van der Waals surface area contributed by atoms with Crippen molar-refractivity contribution in [2.24, 2.45) is 5.41 Å². The zero-order chi connectivity index (χ0) is 13.2. The standard InChI is InChI=1S/C15H30N2O/c1-13(2)18-12-15(7-8-15)11-17-9-5-6-14(10-17)16(3)4/h13-14H,5-12H2,1-4H3/t14-/m0/s1. The monoisotopic (exact) mass is 254 g/mol. The summed E-state index contributed by atoms with van der Waals surface area (Å²) in [4.78, 5) is 5.06. The number of hydrogen-bond donors (Lipinski definition) is 0. The van der Waals surface area contributed by atoms with Crippen LogP contribution in [0.4, 0.5) is 0 Å². The number of likely N-dealkylation sites (tertiary alicyclic amines) is 1. The summed E-state index contributed by atoms with van der Waals surface area (Å²) < 4.78 is 5.85. The normalized spacial score (nSPS) is 28.0. The molecule has 106 valence electrons. The molecule has 0 aromatic carbocycles. The van der Waals surface area contributed by atoms with Crippen molar-refractivity contribution in [3.05, 3.63) is 0 Å². The zero-order valence-electron chi connectivity index (χ0n) is 12.6. The van der Waals surface area contributed by atoms with Crippen LogP contribution in [-0.2, 0) is 4.74 Å². The Morgan fingerprint density at radius 1 is 1.33 bits per heavy atom. The first kappa shape index (κ1) is 14.3. The summed E-state index contributed by atoms with van der Waals surface area (Å²) in [6.07, 6.45) is 5.81. The molecule has 0 amide bonds. The van der Waals surface area contributed by atoms with E-state index in [0.29, 0.717) is 11.5 Å². The second-order valence-electron chi connectivity index (χ2n) is 6.85. The first-order valence-corrected chi connectivity index (χ1v) is 7.51. The summed E-state index contributed by atoms with van der Waals surface area (Å²) in [6, 6.07) is 0.751. The average molecular weight is 254 g/mol. The smallest absolute Gasteiger partial charge is 0.0538 e. The molecule has 18 heavy (non-hydrogen) atoms. The summed E-state index contributed by atoms with van der Waals surface area (Å²) >= 11 is 0. The Balaban J connectivity index is 1.78. The molecule has 0 aromatic rings. The molecule has 1 aliphatic heterocycles. The lowest BCUT2D eigenvalue weighted by Gasteiger charge is -2.38. The molecule has 1 aliphatic carbocycles. The topological polar surface area (TPSA) is 15.7 Å².